The molecule has 0 spiro atoms. The van der Waals surface area contributed by atoms with Gasteiger partial charge in [-0.3, -0.25) is 0 Å². The van der Waals surface area contributed by atoms with E-state index in [1.807, 2.05) is 0 Å². The van der Waals surface area contributed by atoms with E-state index in [9.17, 15) is 0 Å². The first-order valence-corrected chi connectivity index (χ1v) is 7.06. The molecule has 0 unspecified atom stereocenters. The third-order valence-corrected chi connectivity index (χ3v) is 3.13. The lowest BCUT2D eigenvalue weighted by Gasteiger charge is -2.11. The molecule has 0 saturated heterocycles. The summed E-state index contributed by atoms with van der Waals surface area (Å²) in [5.74, 6) is 2.51. The van der Waals surface area contributed by atoms with Gasteiger partial charge in [0.25, 0.3) is 0 Å². The highest BCUT2D eigenvalue weighted by Gasteiger charge is 2.04. The van der Waals surface area contributed by atoms with Crippen LogP contribution in [0.25, 0.3) is 0 Å². The van der Waals surface area contributed by atoms with Crippen molar-refractivity contribution in [2.24, 2.45) is 0 Å². The minimum atomic E-state index is 0.545. The van der Waals surface area contributed by atoms with Crippen LogP contribution in [0.1, 0.15) is 0 Å². The Morgan fingerprint density at radius 1 is 0.435 bits per heavy atom. The van der Waals surface area contributed by atoms with E-state index in [1.54, 1.807) is 66.7 Å². The van der Waals surface area contributed by atoms with Crippen LogP contribution in [0.5, 0.6) is 23.0 Å². The first-order valence-electron chi connectivity index (χ1n) is 7.06. The molecule has 3 aromatic rings. The molecule has 0 fully saturated rings. The molecule has 3 aromatic carbocycles. The first-order chi connectivity index (χ1) is 11.1. The number of anilines is 3. The Morgan fingerprint density at radius 2 is 0.826 bits per heavy atom. The lowest BCUT2D eigenvalue weighted by atomic mass is 10.2. The maximum atomic E-state index is 5.91. The molecule has 5 nitrogen and oxygen atoms in total. The fourth-order valence-corrected chi connectivity index (χ4v) is 2.06. The third kappa shape index (κ3) is 3.85. The molecular formula is C18H17N3O2. The van der Waals surface area contributed by atoms with Gasteiger partial charge in [0, 0.05) is 35.3 Å². The monoisotopic (exact) mass is 307 g/mol. The molecule has 0 bridgehead atoms. The molecule has 5 heteroatoms. The van der Waals surface area contributed by atoms with Gasteiger partial charge in [0.2, 0.25) is 0 Å². The number of nitrogens with two attached hydrogens (primary N) is 3. The standard InChI is InChI=1S/C18H17N3O2/c19-12-1-5-15(6-2-12)22-17-9-14(21)10-18(11-17)23-16-7-3-13(20)4-8-16/h1-11H,19-21H2. The summed E-state index contributed by atoms with van der Waals surface area (Å²) in [6.07, 6.45) is 0. The number of hydrogen-bond acceptors (Lipinski definition) is 5. The molecule has 0 aliphatic carbocycles. The Hall–Kier alpha value is -3.34. The summed E-state index contributed by atoms with van der Waals surface area (Å²) in [6.45, 7) is 0. The summed E-state index contributed by atoms with van der Waals surface area (Å²) in [6, 6.07) is 19.5. The second kappa shape index (κ2) is 6.19. The minimum Gasteiger partial charge on any atom is -0.457 e. The van der Waals surface area contributed by atoms with Crippen molar-refractivity contribution in [3.63, 3.8) is 0 Å². The summed E-state index contributed by atoms with van der Waals surface area (Å²) in [7, 11) is 0. The Balaban J connectivity index is 1.81. The summed E-state index contributed by atoms with van der Waals surface area (Å²) in [5.41, 5.74) is 19.1. The van der Waals surface area contributed by atoms with Crippen molar-refractivity contribution in [2.75, 3.05) is 17.2 Å². The Kier molecular flexibility index (Phi) is 3.93. The number of ether oxygens (including phenoxy) is 2. The molecule has 0 saturated carbocycles. The van der Waals surface area contributed by atoms with Gasteiger partial charge in [-0.25, -0.2) is 0 Å². The molecule has 0 atom stereocenters. The zero-order valence-electron chi connectivity index (χ0n) is 12.4. The van der Waals surface area contributed by atoms with Gasteiger partial charge in [0.15, 0.2) is 0 Å². The fraction of sp³-hybridized carbons (Fsp3) is 0. The Morgan fingerprint density at radius 3 is 1.22 bits per heavy atom. The smallest absolute Gasteiger partial charge is 0.133 e. The van der Waals surface area contributed by atoms with Crippen LogP contribution < -0.4 is 26.7 Å². The van der Waals surface area contributed by atoms with Crippen molar-refractivity contribution in [3.8, 4) is 23.0 Å². The second-order valence-corrected chi connectivity index (χ2v) is 5.08. The van der Waals surface area contributed by atoms with Crippen molar-refractivity contribution in [2.45, 2.75) is 0 Å². The largest absolute Gasteiger partial charge is 0.457 e. The molecule has 0 aromatic heterocycles. The quantitative estimate of drug-likeness (QED) is 0.633. The number of hydrogen-bond donors (Lipinski definition) is 3. The molecule has 0 radical (unpaired) electrons. The van der Waals surface area contributed by atoms with Crippen LogP contribution in [0.15, 0.2) is 66.7 Å². The van der Waals surface area contributed by atoms with E-state index in [0.29, 0.717) is 40.1 Å². The summed E-state index contributed by atoms with van der Waals surface area (Å²) in [5, 5.41) is 0. The zero-order chi connectivity index (χ0) is 16.2. The summed E-state index contributed by atoms with van der Waals surface area (Å²) >= 11 is 0. The van der Waals surface area contributed by atoms with Crippen LogP contribution in [0, 0.1) is 0 Å². The molecule has 3 rings (SSSR count). The second-order valence-electron chi connectivity index (χ2n) is 5.08. The highest BCUT2D eigenvalue weighted by Crippen LogP contribution is 2.31. The number of rotatable bonds is 4. The topological polar surface area (TPSA) is 96.5 Å². The SMILES string of the molecule is Nc1ccc(Oc2cc(N)cc(Oc3ccc(N)cc3)c2)cc1. The van der Waals surface area contributed by atoms with Gasteiger partial charge >= 0.3 is 0 Å². The normalized spacial score (nSPS) is 10.3. The first kappa shape index (κ1) is 14.6. The number of benzene rings is 3. The van der Waals surface area contributed by atoms with Gasteiger partial charge in [-0.1, -0.05) is 0 Å². The maximum Gasteiger partial charge on any atom is 0.133 e. The van der Waals surface area contributed by atoms with Crippen LogP contribution in [-0.4, -0.2) is 0 Å². The highest BCUT2D eigenvalue weighted by molar-refractivity contribution is 5.53. The van der Waals surface area contributed by atoms with E-state index in [-0.39, 0.29) is 0 Å². The highest BCUT2D eigenvalue weighted by atomic mass is 16.5. The maximum absolute atomic E-state index is 5.91. The number of nitrogen functional groups attached to an aromatic ring is 3. The van der Waals surface area contributed by atoms with E-state index in [2.05, 4.69) is 0 Å². The van der Waals surface area contributed by atoms with E-state index < -0.39 is 0 Å². The van der Waals surface area contributed by atoms with Crippen molar-refractivity contribution < 1.29 is 9.47 Å². The predicted molar refractivity (Wildman–Crippen MR) is 92.7 cm³/mol. The van der Waals surface area contributed by atoms with Gasteiger partial charge in [-0.05, 0) is 48.5 Å². The predicted octanol–water partition coefficient (Wildman–Crippen LogP) is 4.02. The lowest BCUT2D eigenvalue weighted by Crippen LogP contribution is -1.92. The van der Waals surface area contributed by atoms with Crippen molar-refractivity contribution >= 4 is 17.1 Å². The van der Waals surface area contributed by atoms with Crippen molar-refractivity contribution in [1.29, 1.82) is 0 Å². The summed E-state index contributed by atoms with van der Waals surface area (Å²) < 4.78 is 11.6. The summed E-state index contributed by atoms with van der Waals surface area (Å²) in [4.78, 5) is 0. The van der Waals surface area contributed by atoms with Crippen molar-refractivity contribution in [3.05, 3.63) is 66.7 Å². The van der Waals surface area contributed by atoms with E-state index in [1.165, 1.54) is 0 Å². The molecule has 23 heavy (non-hydrogen) atoms. The van der Waals surface area contributed by atoms with Gasteiger partial charge in [0.1, 0.15) is 23.0 Å². The van der Waals surface area contributed by atoms with Gasteiger partial charge in [0.05, 0.1) is 0 Å². The Bertz CT molecular complexity index is 734. The average molecular weight is 307 g/mol. The minimum absolute atomic E-state index is 0.545. The Labute approximate surface area is 134 Å². The lowest BCUT2D eigenvalue weighted by molar-refractivity contribution is 0.461. The van der Waals surface area contributed by atoms with Crippen LogP contribution >= 0.6 is 0 Å². The fourth-order valence-electron chi connectivity index (χ4n) is 2.06. The molecule has 0 heterocycles. The van der Waals surface area contributed by atoms with Gasteiger partial charge < -0.3 is 26.7 Å². The van der Waals surface area contributed by atoms with E-state index >= 15 is 0 Å². The third-order valence-electron chi connectivity index (χ3n) is 3.13. The van der Waals surface area contributed by atoms with E-state index in [0.717, 1.165) is 0 Å². The molecular weight excluding hydrogens is 290 g/mol. The van der Waals surface area contributed by atoms with Crippen LogP contribution in [0.3, 0.4) is 0 Å². The van der Waals surface area contributed by atoms with Gasteiger partial charge in [-0.2, -0.15) is 0 Å². The molecule has 0 aliphatic heterocycles. The molecule has 116 valence electrons. The van der Waals surface area contributed by atoms with Gasteiger partial charge in [-0.15, -0.1) is 0 Å². The molecule has 0 amide bonds. The van der Waals surface area contributed by atoms with Crippen LogP contribution in [-0.2, 0) is 0 Å². The van der Waals surface area contributed by atoms with Crippen molar-refractivity contribution in [1.82, 2.24) is 0 Å². The average Bonchev–Trinajstić information content (AvgIpc) is 2.51. The van der Waals surface area contributed by atoms with Crippen LogP contribution in [0.4, 0.5) is 17.1 Å². The van der Waals surface area contributed by atoms with Crippen LogP contribution in [0.2, 0.25) is 0 Å². The van der Waals surface area contributed by atoms with E-state index in [4.69, 9.17) is 26.7 Å². The molecule has 0 aliphatic rings. The molecule has 6 N–H and O–H groups in total. The zero-order valence-corrected chi connectivity index (χ0v) is 12.4.